The lowest BCUT2D eigenvalue weighted by Crippen LogP contribution is -2.25. The molecule has 0 saturated carbocycles. The molecule has 1 aromatic rings. The third-order valence-electron chi connectivity index (χ3n) is 2.40. The topological polar surface area (TPSA) is 86.1 Å². The summed E-state index contributed by atoms with van der Waals surface area (Å²) in [5.41, 5.74) is 0.997. The van der Waals surface area contributed by atoms with Crippen molar-refractivity contribution in [3.8, 4) is 0 Å². The lowest BCUT2D eigenvalue weighted by Gasteiger charge is -2.06. The fraction of sp³-hybridized carbons (Fsp3) is 0.636. The summed E-state index contributed by atoms with van der Waals surface area (Å²) in [6.45, 7) is 4.40. The van der Waals surface area contributed by atoms with Gasteiger partial charge in [-0.3, -0.25) is 4.79 Å². The molecule has 100 valence electrons. The maximum absolute atomic E-state index is 11.5. The van der Waals surface area contributed by atoms with Gasteiger partial charge in [-0.2, -0.15) is 0 Å². The average Bonchev–Trinajstić information content (AvgIpc) is 2.72. The van der Waals surface area contributed by atoms with Gasteiger partial charge in [0, 0.05) is 13.5 Å². The molecule has 0 aromatic carbocycles. The molecule has 1 rings (SSSR count). The molecule has 0 fully saturated rings. The van der Waals surface area contributed by atoms with Crippen molar-refractivity contribution in [2.75, 3.05) is 13.7 Å². The van der Waals surface area contributed by atoms with E-state index in [4.69, 9.17) is 0 Å². The molecule has 0 spiro atoms. The molecule has 0 saturated heterocycles. The highest BCUT2D eigenvalue weighted by atomic mass is 16.5. The van der Waals surface area contributed by atoms with Crippen molar-refractivity contribution in [2.24, 2.45) is 0 Å². The third kappa shape index (κ3) is 3.54. The molecule has 18 heavy (non-hydrogen) atoms. The van der Waals surface area contributed by atoms with Crippen LogP contribution < -0.4 is 5.32 Å². The van der Waals surface area contributed by atoms with E-state index in [0.29, 0.717) is 19.5 Å². The Hall–Kier alpha value is -1.92. The van der Waals surface area contributed by atoms with E-state index in [0.717, 1.165) is 12.1 Å². The van der Waals surface area contributed by atoms with Crippen LogP contribution in [0.1, 0.15) is 36.5 Å². The second-order valence-corrected chi connectivity index (χ2v) is 3.83. The van der Waals surface area contributed by atoms with E-state index in [-0.39, 0.29) is 11.6 Å². The number of hydrogen-bond acceptors (Lipinski definition) is 5. The Bertz CT molecular complexity index is 428. The average molecular weight is 254 g/mol. The number of rotatable bonds is 6. The number of nitrogens with zero attached hydrogens (tertiary/aromatic N) is 3. The number of amides is 1. The summed E-state index contributed by atoms with van der Waals surface area (Å²) < 4.78 is 6.29. The zero-order valence-corrected chi connectivity index (χ0v) is 10.9. The molecular formula is C11H18N4O3. The van der Waals surface area contributed by atoms with Gasteiger partial charge in [0.25, 0.3) is 0 Å². The van der Waals surface area contributed by atoms with Crippen LogP contribution in [0.25, 0.3) is 0 Å². The number of carbonyl (C=O) groups excluding carboxylic acids is 2. The zero-order valence-electron chi connectivity index (χ0n) is 10.9. The van der Waals surface area contributed by atoms with Gasteiger partial charge in [0.15, 0.2) is 5.69 Å². The fourth-order valence-corrected chi connectivity index (χ4v) is 1.59. The van der Waals surface area contributed by atoms with Crippen LogP contribution in [0.15, 0.2) is 0 Å². The van der Waals surface area contributed by atoms with E-state index in [1.807, 2.05) is 6.92 Å². The van der Waals surface area contributed by atoms with Gasteiger partial charge in [0.05, 0.1) is 19.3 Å². The molecule has 7 nitrogen and oxygen atoms in total. The highest BCUT2D eigenvalue weighted by Crippen LogP contribution is 2.09. The zero-order chi connectivity index (χ0) is 13.5. The van der Waals surface area contributed by atoms with Crippen LogP contribution in [-0.4, -0.2) is 40.5 Å². The SMILES string of the molecule is CCCc1c(C(=O)OC)nnn1CCNC(C)=O. The van der Waals surface area contributed by atoms with Crippen LogP contribution in [0.5, 0.6) is 0 Å². The molecule has 1 N–H and O–H groups in total. The summed E-state index contributed by atoms with van der Waals surface area (Å²) in [5.74, 6) is -0.579. The second kappa shape index (κ2) is 6.73. The normalized spacial score (nSPS) is 10.2. The molecule has 0 bridgehead atoms. The van der Waals surface area contributed by atoms with Gasteiger partial charge in [-0.05, 0) is 6.42 Å². The molecule has 0 aliphatic carbocycles. The molecule has 0 aliphatic rings. The molecule has 0 aliphatic heterocycles. The van der Waals surface area contributed by atoms with Gasteiger partial charge in [0.2, 0.25) is 5.91 Å². The second-order valence-electron chi connectivity index (χ2n) is 3.83. The van der Waals surface area contributed by atoms with Crippen LogP contribution in [0.3, 0.4) is 0 Å². The lowest BCUT2D eigenvalue weighted by molar-refractivity contribution is -0.119. The van der Waals surface area contributed by atoms with E-state index in [1.165, 1.54) is 14.0 Å². The van der Waals surface area contributed by atoms with E-state index in [2.05, 4.69) is 20.4 Å². The molecule has 1 heterocycles. The number of hydrogen-bond donors (Lipinski definition) is 1. The van der Waals surface area contributed by atoms with Gasteiger partial charge in [-0.15, -0.1) is 5.10 Å². The van der Waals surface area contributed by atoms with Crippen molar-refractivity contribution >= 4 is 11.9 Å². The minimum atomic E-state index is -0.482. The molecule has 0 unspecified atom stereocenters. The summed E-state index contributed by atoms with van der Waals surface area (Å²) >= 11 is 0. The number of esters is 1. The van der Waals surface area contributed by atoms with E-state index in [1.54, 1.807) is 4.68 Å². The predicted octanol–water partition coefficient (Wildman–Crippen LogP) is 0.153. The lowest BCUT2D eigenvalue weighted by atomic mass is 10.2. The Morgan fingerprint density at radius 2 is 2.17 bits per heavy atom. The maximum Gasteiger partial charge on any atom is 0.360 e. The number of ether oxygens (including phenoxy) is 1. The maximum atomic E-state index is 11.5. The van der Waals surface area contributed by atoms with Crippen LogP contribution in [0, 0.1) is 0 Å². The van der Waals surface area contributed by atoms with Crippen LogP contribution in [0.4, 0.5) is 0 Å². The first kappa shape index (κ1) is 14.1. The Balaban J connectivity index is 2.80. The monoisotopic (exact) mass is 254 g/mol. The Labute approximate surface area is 105 Å². The third-order valence-corrected chi connectivity index (χ3v) is 2.40. The van der Waals surface area contributed by atoms with Crippen molar-refractivity contribution in [1.29, 1.82) is 0 Å². The van der Waals surface area contributed by atoms with Gasteiger partial charge >= 0.3 is 5.97 Å². The minimum Gasteiger partial charge on any atom is -0.464 e. The predicted molar refractivity (Wildman–Crippen MR) is 64.0 cm³/mol. The van der Waals surface area contributed by atoms with E-state index >= 15 is 0 Å². The molecule has 7 heteroatoms. The smallest absolute Gasteiger partial charge is 0.360 e. The molecule has 1 amide bonds. The van der Waals surface area contributed by atoms with Gasteiger partial charge in [-0.1, -0.05) is 18.6 Å². The van der Waals surface area contributed by atoms with Crippen LogP contribution in [0.2, 0.25) is 0 Å². The first-order chi connectivity index (χ1) is 8.60. The molecular weight excluding hydrogens is 236 g/mol. The van der Waals surface area contributed by atoms with Gasteiger partial charge in [-0.25, -0.2) is 9.48 Å². The van der Waals surface area contributed by atoms with Gasteiger partial charge < -0.3 is 10.1 Å². The summed E-state index contributed by atoms with van der Waals surface area (Å²) in [6, 6.07) is 0. The Morgan fingerprint density at radius 1 is 1.44 bits per heavy atom. The van der Waals surface area contributed by atoms with Crippen LogP contribution >= 0.6 is 0 Å². The fourth-order valence-electron chi connectivity index (χ4n) is 1.59. The first-order valence-corrected chi connectivity index (χ1v) is 5.85. The standard InChI is InChI=1S/C11H18N4O3/c1-4-5-9-10(11(17)18-3)13-14-15(9)7-6-12-8(2)16/h4-7H2,1-3H3,(H,12,16). The Morgan fingerprint density at radius 3 is 2.72 bits per heavy atom. The quantitative estimate of drug-likeness (QED) is 0.730. The van der Waals surface area contributed by atoms with E-state index < -0.39 is 5.97 Å². The van der Waals surface area contributed by atoms with Crippen molar-refractivity contribution < 1.29 is 14.3 Å². The van der Waals surface area contributed by atoms with Crippen molar-refractivity contribution in [3.63, 3.8) is 0 Å². The molecule has 0 radical (unpaired) electrons. The summed E-state index contributed by atoms with van der Waals surface area (Å²) in [5, 5.41) is 10.4. The minimum absolute atomic E-state index is 0.0969. The largest absolute Gasteiger partial charge is 0.464 e. The first-order valence-electron chi connectivity index (χ1n) is 5.85. The Kier molecular flexibility index (Phi) is 5.29. The highest BCUT2D eigenvalue weighted by Gasteiger charge is 2.19. The summed E-state index contributed by atoms with van der Waals surface area (Å²) in [7, 11) is 1.31. The van der Waals surface area contributed by atoms with Crippen molar-refractivity contribution in [1.82, 2.24) is 20.3 Å². The van der Waals surface area contributed by atoms with E-state index in [9.17, 15) is 9.59 Å². The van der Waals surface area contributed by atoms with Crippen LogP contribution in [-0.2, 0) is 22.5 Å². The summed E-state index contributed by atoms with van der Waals surface area (Å²) in [4.78, 5) is 22.3. The molecule has 1 aromatic heterocycles. The highest BCUT2D eigenvalue weighted by molar-refractivity contribution is 5.88. The number of methoxy groups -OCH3 is 1. The number of carbonyl (C=O) groups is 2. The van der Waals surface area contributed by atoms with Gasteiger partial charge in [0.1, 0.15) is 0 Å². The summed E-state index contributed by atoms with van der Waals surface area (Å²) in [6.07, 6.45) is 1.56. The molecule has 0 atom stereocenters. The number of nitrogens with one attached hydrogen (secondary N) is 1. The van der Waals surface area contributed by atoms with Crippen molar-refractivity contribution in [2.45, 2.75) is 33.2 Å². The van der Waals surface area contributed by atoms with Crippen molar-refractivity contribution in [3.05, 3.63) is 11.4 Å². The number of aromatic nitrogens is 3.